The third kappa shape index (κ3) is 5.16. The molecule has 0 bridgehead atoms. The van der Waals surface area contributed by atoms with Gasteiger partial charge in [-0.2, -0.15) is 0 Å². The highest BCUT2D eigenvalue weighted by Crippen LogP contribution is 2.30. The van der Waals surface area contributed by atoms with Crippen LogP contribution < -0.4 is 0 Å². The van der Waals surface area contributed by atoms with Crippen LogP contribution in [0.15, 0.2) is 107 Å². The van der Waals surface area contributed by atoms with Crippen LogP contribution in [0.4, 0.5) is 0 Å². The largest absolute Gasteiger partial charge is 0.296 e. The summed E-state index contributed by atoms with van der Waals surface area (Å²) in [6.45, 7) is 7.30. The lowest BCUT2D eigenvalue weighted by molar-refractivity contribution is 0.111. The molecular formula is C34H30N2O6S2. The molecule has 44 heavy (non-hydrogen) atoms. The predicted octanol–water partition coefficient (Wildman–Crippen LogP) is 6.62. The van der Waals surface area contributed by atoms with E-state index < -0.39 is 20.0 Å². The average Bonchev–Trinajstić information content (AvgIpc) is 3.49. The number of carbonyl (C=O) groups excluding carboxylic acids is 2. The molecule has 0 spiro atoms. The first-order valence-electron chi connectivity index (χ1n) is 13.7. The fourth-order valence-electron chi connectivity index (χ4n) is 5.20. The van der Waals surface area contributed by atoms with Gasteiger partial charge in [0.25, 0.3) is 20.0 Å². The molecule has 0 aliphatic heterocycles. The second kappa shape index (κ2) is 11.7. The molecule has 10 heteroatoms. The molecule has 8 nitrogen and oxygen atoms in total. The molecule has 0 saturated carbocycles. The maximum Gasteiger partial charge on any atom is 0.268 e. The number of rotatable bonds is 6. The zero-order valence-corrected chi connectivity index (χ0v) is 26.2. The highest BCUT2D eigenvalue weighted by atomic mass is 32.2. The highest BCUT2D eigenvalue weighted by Gasteiger charge is 2.26. The topological polar surface area (TPSA) is 112 Å². The molecule has 0 atom stereocenters. The summed E-state index contributed by atoms with van der Waals surface area (Å²) in [7, 11) is -7.64. The molecule has 0 amide bonds. The van der Waals surface area contributed by atoms with E-state index in [1.54, 1.807) is 86.6 Å². The van der Waals surface area contributed by atoms with Gasteiger partial charge in [-0.3, -0.25) is 9.59 Å². The van der Waals surface area contributed by atoms with Crippen molar-refractivity contribution in [2.45, 2.75) is 37.5 Å². The molecular weight excluding hydrogens is 597 g/mol. The maximum absolute atomic E-state index is 13.0. The van der Waals surface area contributed by atoms with Gasteiger partial charge in [0.1, 0.15) is 11.4 Å². The Morgan fingerprint density at radius 1 is 0.477 bits per heavy atom. The lowest BCUT2D eigenvalue weighted by Crippen LogP contribution is -2.15. The molecule has 0 aliphatic carbocycles. The van der Waals surface area contributed by atoms with Gasteiger partial charge in [-0.15, -0.1) is 0 Å². The van der Waals surface area contributed by atoms with Crippen molar-refractivity contribution in [2.24, 2.45) is 0 Å². The Hall–Kier alpha value is -4.80. The second-order valence-corrected chi connectivity index (χ2v) is 14.0. The fraction of sp³-hybridized carbons (Fsp3) is 0.118. The van der Waals surface area contributed by atoms with Crippen LogP contribution in [0.1, 0.15) is 43.2 Å². The number of aldehydes is 2. The Bertz CT molecular complexity index is 2100. The number of fused-ring (bicyclic) bond motifs is 2. The van der Waals surface area contributed by atoms with Crippen molar-refractivity contribution >= 4 is 54.4 Å². The van der Waals surface area contributed by atoms with Crippen molar-refractivity contribution in [3.8, 4) is 0 Å². The molecule has 2 heterocycles. The van der Waals surface area contributed by atoms with Crippen molar-refractivity contribution in [1.29, 1.82) is 0 Å². The quantitative estimate of drug-likeness (QED) is 0.192. The summed E-state index contributed by atoms with van der Waals surface area (Å²) in [5.74, 6) is 0. The summed E-state index contributed by atoms with van der Waals surface area (Å²) in [6.07, 6.45) is 1.20. The van der Waals surface area contributed by atoms with E-state index in [4.69, 9.17) is 0 Å². The van der Waals surface area contributed by atoms with Crippen molar-refractivity contribution in [1.82, 2.24) is 7.94 Å². The average molecular weight is 627 g/mol. The molecule has 0 unspecified atom stereocenters. The molecule has 4 aromatic carbocycles. The van der Waals surface area contributed by atoms with Gasteiger partial charge in [-0.05, 0) is 75.2 Å². The summed E-state index contributed by atoms with van der Waals surface area (Å²) in [5, 5.41) is 1.53. The number of benzene rings is 4. The van der Waals surface area contributed by atoms with Crippen LogP contribution in [-0.4, -0.2) is 37.4 Å². The van der Waals surface area contributed by atoms with Crippen LogP contribution in [0.25, 0.3) is 21.8 Å². The Morgan fingerprint density at radius 3 is 1.11 bits per heavy atom. The second-order valence-electron chi connectivity index (χ2n) is 10.5. The van der Waals surface area contributed by atoms with Crippen molar-refractivity contribution < 1.29 is 26.4 Å². The lowest BCUT2D eigenvalue weighted by Gasteiger charge is -2.09. The van der Waals surface area contributed by atoms with Gasteiger partial charge in [0.05, 0.1) is 20.8 Å². The summed E-state index contributed by atoms with van der Waals surface area (Å²) >= 11 is 0. The van der Waals surface area contributed by atoms with Gasteiger partial charge in [0.2, 0.25) is 0 Å². The highest BCUT2D eigenvalue weighted by molar-refractivity contribution is 7.90. The van der Waals surface area contributed by atoms with E-state index in [1.807, 2.05) is 38.1 Å². The van der Waals surface area contributed by atoms with E-state index in [1.165, 1.54) is 0 Å². The van der Waals surface area contributed by atoms with Gasteiger partial charge in [0.15, 0.2) is 12.6 Å². The summed E-state index contributed by atoms with van der Waals surface area (Å²) in [5.41, 5.74) is 4.66. The Kier molecular flexibility index (Phi) is 8.15. The van der Waals surface area contributed by atoms with Gasteiger partial charge >= 0.3 is 0 Å². The lowest BCUT2D eigenvalue weighted by atomic mass is 10.2. The van der Waals surface area contributed by atoms with Crippen LogP contribution in [0.2, 0.25) is 0 Å². The summed E-state index contributed by atoms with van der Waals surface area (Å²) < 4.78 is 54.1. The SMILES string of the molecule is Cc1ccc(S(=O)(=O)n2c(C=O)c(C)c3ccccc32)cc1.Cc1ccc(S(=O)(=O)n2c(C=O)c(C)c3ccccc32)cc1. The first-order chi connectivity index (χ1) is 20.9. The fourth-order valence-corrected chi connectivity index (χ4v) is 8.29. The van der Waals surface area contributed by atoms with Crippen molar-refractivity contribution in [3.05, 3.63) is 131 Å². The van der Waals surface area contributed by atoms with Gasteiger partial charge < -0.3 is 0 Å². The third-order valence-corrected chi connectivity index (χ3v) is 11.1. The first-order valence-corrected chi connectivity index (χ1v) is 16.6. The number of carbonyl (C=O) groups is 2. The van der Waals surface area contributed by atoms with E-state index >= 15 is 0 Å². The minimum Gasteiger partial charge on any atom is -0.296 e. The van der Waals surface area contributed by atoms with Crippen molar-refractivity contribution in [3.63, 3.8) is 0 Å². The summed E-state index contributed by atoms with van der Waals surface area (Å²) in [4.78, 5) is 23.3. The standard InChI is InChI=1S/2C17H15NO3S/c2*1-12-7-9-14(10-8-12)22(20,21)18-16-6-4-3-5-15(16)13(2)17(18)11-19/h2*3-11H,1-2H3. The summed E-state index contributed by atoms with van der Waals surface area (Å²) in [6, 6.07) is 27.4. The Labute approximate surface area is 256 Å². The predicted molar refractivity (Wildman–Crippen MR) is 172 cm³/mol. The van der Waals surface area contributed by atoms with E-state index in [0.29, 0.717) is 34.7 Å². The molecule has 6 rings (SSSR count). The smallest absolute Gasteiger partial charge is 0.268 e. The van der Waals surface area contributed by atoms with Crippen LogP contribution in [0.3, 0.4) is 0 Å². The number of para-hydroxylation sites is 2. The van der Waals surface area contributed by atoms with E-state index in [2.05, 4.69) is 0 Å². The Balaban J connectivity index is 0.000000175. The third-order valence-electron chi connectivity index (χ3n) is 7.60. The number of nitrogens with zero attached hydrogens (tertiary/aromatic N) is 2. The van der Waals surface area contributed by atoms with Crippen LogP contribution in [0, 0.1) is 27.7 Å². The number of hydrogen-bond acceptors (Lipinski definition) is 6. The van der Waals surface area contributed by atoms with Gasteiger partial charge in [-0.1, -0.05) is 71.8 Å². The number of aryl methyl sites for hydroxylation is 4. The molecule has 2 aromatic heterocycles. The molecule has 0 aliphatic rings. The molecule has 0 saturated heterocycles. The van der Waals surface area contributed by atoms with E-state index in [0.717, 1.165) is 29.8 Å². The Morgan fingerprint density at radius 2 is 0.795 bits per heavy atom. The molecule has 0 N–H and O–H groups in total. The molecule has 0 radical (unpaired) electrons. The van der Waals surface area contributed by atoms with Gasteiger partial charge in [0, 0.05) is 10.8 Å². The number of hydrogen-bond donors (Lipinski definition) is 0. The van der Waals surface area contributed by atoms with Crippen LogP contribution >= 0.6 is 0 Å². The van der Waals surface area contributed by atoms with Crippen LogP contribution in [-0.2, 0) is 20.0 Å². The molecule has 0 fully saturated rings. The van der Waals surface area contributed by atoms with Crippen molar-refractivity contribution in [2.75, 3.05) is 0 Å². The van der Waals surface area contributed by atoms with Gasteiger partial charge in [-0.25, -0.2) is 24.8 Å². The van der Waals surface area contributed by atoms with Crippen LogP contribution in [0.5, 0.6) is 0 Å². The monoisotopic (exact) mass is 626 g/mol. The zero-order chi connectivity index (χ0) is 31.8. The zero-order valence-electron chi connectivity index (χ0n) is 24.6. The maximum atomic E-state index is 13.0. The number of aromatic nitrogens is 2. The normalized spacial score (nSPS) is 11.7. The van der Waals surface area contributed by atoms with E-state index in [-0.39, 0.29) is 21.2 Å². The minimum absolute atomic E-state index is 0.168. The molecule has 6 aromatic rings. The molecule has 224 valence electrons. The first kappa shape index (κ1) is 30.7. The van der Waals surface area contributed by atoms with E-state index in [9.17, 15) is 26.4 Å². The minimum atomic E-state index is -3.82.